The average molecular weight is 383 g/mol. The van der Waals surface area contributed by atoms with Crippen LogP contribution in [0, 0.1) is 17.6 Å². The summed E-state index contributed by atoms with van der Waals surface area (Å²) in [7, 11) is 0. The summed E-state index contributed by atoms with van der Waals surface area (Å²) in [4.78, 5) is 0. The zero-order chi connectivity index (χ0) is 18.7. The summed E-state index contributed by atoms with van der Waals surface area (Å²) in [5.41, 5.74) is 0. The Bertz CT molecular complexity index is 803. The third-order valence-corrected chi connectivity index (χ3v) is 3.79. The summed E-state index contributed by atoms with van der Waals surface area (Å²) in [6.45, 7) is 4.14. The van der Waals surface area contributed by atoms with Gasteiger partial charge in [-0.1, -0.05) is 25.4 Å². The molecule has 0 N–H and O–H groups in total. The molecule has 0 aliphatic carbocycles. The van der Waals surface area contributed by atoms with Crippen LogP contribution in [-0.4, -0.2) is 12.9 Å². The Morgan fingerprint density at radius 3 is 2.42 bits per heavy atom. The maximum Gasteiger partial charge on any atom is 0.242 e. The average Bonchev–Trinajstić information content (AvgIpc) is 3.02. The van der Waals surface area contributed by atoms with Crippen molar-refractivity contribution in [3.63, 3.8) is 0 Å². The van der Waals surface area contributed by atoms with Crippen molar-refractivity contribution in [3.05, 3.63) is 65.1 Å². The summed E-state index contributed by atoms with van der Waals surface area (Å²) in [6, 6.07) is 7.61. The van der Waals surface area contributed by atoms with Gasteiger partial charge in [-0.25, -0.2) is 8.78 Å². The molecule has 2 aromatic carbocycles. The molecular weight excluding hydrogens is 366 g/mol. The molecule has 26 heavy (non-hydrogen) atoms. The molecule has 0 amide bonds. The van der Waals surface area contributed by atoms with Gasteiger partial charge < -0.3 is 18.9 Å². The fraction of sp³-hybridized carbons (Fsp3) is 0.263. The van der Waals surface area contributed by atoms with Gasteiger partial charge in [-0.15, -0.1) is 0 Å². The van der Waals surface area contributed by atoms with Gasteiger partial charge in [0.2, 0.25) is 6.29 Å². The van der Waals surface area contributed by atoms with Gasteiger partial charge >= 0.3 is 0 Å². The van der Waals surface area contributed by atoms with Crippen LogP contribution in [0.25, 0.3) is 0 Å². The Balaban J connectivity index is 1.61. The molecule has 0 fully saturated rings. The van der Waals surface area contributed by atoms with Crippen molar-refractivity contribution in [1.82, 2.24) is 0 Å². The van der Waals surface area contributed by atoms with Crippen LogP contribution in [0.5, 0.6) is 17.2 Å². The first kappa shape index (κ1) is 18.3. The Labute approximate surface area is 154 Å². The Morgan fingerprint density at radius 1 is 1.08 bits per heavy atom. The van der Waals surface area contributed by atoms with Crippen molar-refractivity contribution < 1.29 is 27.7 Å². The zero-order valence-corrected chi connectivity index (χ0v) is 14.9. The van der Waals surface area contributed by atoms with E-state index in [9.17, 15) is 8.78 Å². The monoisotopic (exact) mass is 382 g/mol. The van der Waals surface area contributed by atoms with E-state index in [4.69, 9.17) is 30.5 Å². The lowest BCUT2D eigenvalue weighted by molar-refractivity contribution is -0.0675. The summed E-state index contributed by atoms with van der Waals surface area (Å²) >= 11 is 6.18. The van der Waals surface area contributed by atoms with Crippen LogP contribution >= 0.6 is 11.6 Å². The SMILES string of the molecule is CC(C)C1OC=C(COc2ccc(Oc3cc(F)cc(F)c3)cc2Cl)O1. The number of halogens is 3. The fourth-order valence-electron chi connectivity index (χ4n) is 2.24. The van der Waals surface area contributed by atoms with Crippen LogP contribution < -0.4 is 9.47 Å². The molecule has 0 radical (unpaired) electrons. The molecule has 1 aliphatic heterocycles. The van der Waals surface area contributed by atoms with E-state index in [0.29, 0.717) is 22.3 Å². The van der Waals surface area contributed by atoms with E-state index in [0.717, 1.165) is 18.2 Å². The highest BCUT2D eigenvalue weighted by atomic mass is 35.5. The molecule has 0 spiro atoms. The van der Waals surface area contributed by atoms with E-state index < -0.39 is 11.6 Å². The molecule has 0 aromatic heterocycles. The lowest BCUT2D eigenvalue weighted by Gasteiger charge is -2.15. The van der Waals surface area contributed by atoms with Gasteiger partial charge in [0.15, 0.2) is 5.76 Å². The predicted octanol–water partition coefficient (Wildman–Crippen LogP) is 5.66. The van der Waals surface area contributed by atoms with Crippen molar-refractivity contribution in [2.45, 2.75) is 20.1 Å². The minimum atomic E-state index is -0.724. The Hall–Kier alpha value is -2.47. The van der Waals surface area contributed by atoms with Gasteiger partial charge in [0.25, 0.3) is 0 Å². The van der Waals surface area contributed by atoms with Gasteiger partial charge in [0, 0.05) is 30.2 Å². The first-order valence-corrected chi connectivity index (χ1v) is 8.36. The van der Waals surface area contributed by atoms with Crippen LogP contribution in [-0.2, 0) is 9.47 Å². The molecule has 1 atom stereocenters. The molecule has 0 saturated heterocycles. The van der Waals surface area contributed by atoms with Crippen LogP contribution in [0.15, 0.2) is 48.4 Å². The van der Waals surface area contributed by atoms with E-state index >= 15 is 0 Å². The standard InChI is InChI=1S/C19H17ClF2O4/c1-11(2)19-24-10-16(26-19)9-23-18-4-3-14(8-17(18)20)25-15-6-12(21)5-13(22)7-15/h3-8,10-11,19H,9H2,1-2H3. The Kier molecular flexibility index (Phi) is 5.52. The van der Waals surface area contributed by atoms with Gasteiger partial charge in [0.05, 0.1) is 5.02 Å². The number of rotatable bonds is 6. The summed E-state index contributed by atoms with van der Waals surface area (Å²) in [5, 5.41) is 0.291. The van der Waals surface area contributed by atoms with Crippen molar-refractivity contribution in [2.24, 2.45) is 5.92 Å². The molecule has 4 nitrogen and oxygen atoms in total. The molecule has 1 heterocycles. The van der Waals surface area contributed by atoms with E-state index in [1.165, 1.54) is 12.3 Å². The van der Waals surface area contributed by atoms with E-state index in [2.05, 4.69) is 0 Å². The normalized spacial score (nSPS) is 16.1. The first-order valence-electron chi connectivity index (χ1n) is 7.98. The van der Waals surface area contributed by atoms with Gasteiger partial charge in [-0.2, -0.15) is 0 Å². The highest BCUT2D eigenvalue weighted by Crippen LogP contribution is 2.32. The van der Waals surface area contributed by atoms with Crippen LogP contribution in [0.1, 0.15) is 13.8 Å². The lowest BCUT2D eigenvalue weighted by atomic mass is 10.2. The molecule has 1 unspecified atom stereocenters. The predicted molar refractivity (Wildman–Crippen MR) is 92.3 cm³/mol. The number of ether oxygens (including phenoxy) is 4. The lowest BCUT2D eigenvalue weighted by Crippen LogP contribution is -2.17. The molecular formula is C19H17ClF2O4. The number of hydrogen-bond donors (Lipinski definition) is 0. The molecule has 138 valence electrons. The topological polar surface area (TPSA) is 36.9 Å². The van der Waals surface area contributed by atoms with Gasteiger partial charge in [0.1, 0.15) is 41.8 Å². The smallest absolute Gasteiger partial charge is 0.242 e. The molecule has 7 heteroatoms. The zero-order valence-electron chi connectivity index (χ0n) is 14.2. The maximum absolute atomic E-state index is 13.2. The maximum atomic E-state index is 13.2. The highest BCUT2D eigenvalue weighted by molar-refractivity contribution is 6.32. The fourth-order valence-corrected chi connectivity index (χ4v) is 2.47. The second-order valence-electron chi connectivity index (χ2n) is 6.04. The second-order valence-corrected chi connectivity index (χ2v) is 6.45. The molecule has 0 saturated carbocycles. The summed E-state index contributed by atoms with van der Waals surface area (Å²) in [5.74, 6) is 0.116. The number of hydrogen-bond acceptors (Lipinski definition) is 4. The van der Waals surface area contributed by atoms with Crippen molar-refractivity contribution >= 4 is 11.6 Å². The second kappa shape index (κ2) is 7.83. The highest BCUT2D eigenvalue weighted by Gasteiger charge is 2.23. The quantitative estimate of drug-likeness (QED) is 0.646. The third kappa shape index (κ3) is 4.58. The van der Waals surface area contributed by atoms with E-state index in [-0.39, 0.29) is 24.6 Å². The number of benzene rings is 2. The largest absolute Gasteiger partial charge is 0.484 e. The van der Waals surface area contributed by atoms with Crippen molar-refractivity contribution in [3.8, 4) is 17.2 Å². The first-order chi connectivity index (χ1) is 12.4. The van der Waals surface area contributed by atoms with Gasteiger partial charge in [-0.3, -0.25) is 0 Å². The molecule has 0 bridgehead atoms. The third-order valence-electron chi connectivity index (χ3n) is 3.49. The van der Waals surface area contributed by atoms with E-state index in [1.54, 1.807) is 12.1 Å². The summed E-state index contributed by atoms with van der Waals surface area (Å²) < 4.78 is 48.4. The van der Waals surface area contributed by atoms with Crippen molar-refractivity contribution in [2.75, 3.05) is 6.61 Å². The van der Waals surface area contributed by atoms with Crippen molar-refractivity contribution in [1.29, 1.82) is 0 Å². The van der Waals surface area contributed by atoms with Crippen LogP contribution in [0.3, 0.4) is 0 Å². The molecule has 2 aromatic rings. The van der Waals surface area contributed by atoms with E-state index in [1.807, 2.05) is 13.8 Å². The molecule has 3 rings (SSSR count). The Morgan fingerprint density at radius 2 is 1.81 bits per heavy atom. The van der Waals surface area contributed by atoms with Crippen LogP contribution in [0.2, 0.25) is 5.02 Å². The van der Waals surface area contributed by atoms with Gasteiger partial charge in [-0.05, 0) is 12.1 Å². The minimum Gasteiger partial charge on any atom is -0.484 e. The molecule has 1 aliphatic rings. The summed E-state index contributed by atoms with van der Waals surface area (Å²) in [6.07, 6.45) is 1.21. The minimum absolute atomic E-state index is 0.0358. The van der Waals surface area contributed by atoms with Crippen LogP contribution in [0.4, 0.5) is 8.78 Å².